The quantitative estimate of drug-likeness (QED) is 0.347. The Morgan fingerprint density at radius 1 is 1.43 bits per heavy atom. The average molecular weight is 440 g/mol. The van der Waals surface area contributed by atoms with Gasteiger partial charge in [0.15, 0.2) is 6.23 Å². The Morgan fingerprint density at radius 3 is 2.78 bits per heavy atom. The Labute approximate surface area is 146 Å². The van der Waals surface area contributed by atoms with Gasteiger partial charge in [-0.15, -0.1) is 0 Å². The number of hydrogen-bond acceptors (Lipinski definition) is 6. The third kappa shape index (κ3) is 4.02. The lowest BCUT2D eigenvalue weighted by Crippen LogP contribution is -2.39. The molecule has 1 aromatic heterocycles. The van der Waals surface area contributed by atoms with Crippen LogP contribution in [0.3, 0.4) is 0 Å². The van der Waals surface area contributed by atoms with Crippen molar-refractivity contribution >= 4 is 22.6 Å². The molecule has 2 unspecified atom stereocenters. The Bertz CT molecular complexity index is 630. The number of aromatic amines is 1. The molecule has 0 aromatic carbocycles. The zero-order valence-corrected chi connectivity index (χ0v) is 15.2. The molecule has 0 spiro atoms. The fourth-order valence-corrected chi connectivity index (χ4v) is 3.69. The Morgan fingerprint density at radius 2 is 2.17 bits per heavy atom. The monoisotopic (exact) mass is 440 g/mol. The van der Waals surface area contributed by atoms with Gasteiger partial charge in [-0.3, -0.25) is 14.3 Å². The third-order valence-electron chi connectivity index (χ3n) is 3.87. The van der Waals surface area contributed by atoms with Crippen LogP contribution < -0.4 is 11.2 Å². The molecule has 1 saturated heterocycles. The highest BCUT2D eigenvalue weighted by molar-refractivity contribution is 14.1. The van der Waals surface area contributed by atoms with E-state index in [9.17, 15) is 14.7 Å². The number of rotatable bonds is 7. The van der Waals surface area contributed by atoms with Crippen LogP contribution in [-0.4, -0.2) is 58.2 Å². The van der Waals surface area contributed by atoms with E-state index in [4.69, 9.17) is 14.2 Å². The lowest BCUT2D eigenvalue weighted by molar-refractivity contribution is -0.0794. The first kappa shape index (κ1) is 18.6. The number of nitrogens with one attached hydrogen (secondary N) is 1. The summed E-state index contributed by atoms with van der Waals surface area (Å²) in [4.78, 5) is 25.9. The van der Waals surface area contributed by atoms with Crippen molar-refractivity contribution in [3.05, 3.63) is 32.6 Å². The van der Waals surface area contributed by atoms with Gasteiger partial charge in [0.05, 0.1) is 25.9 Å². The van der Waals surface area contributed by atoms with Crippen LogP contribution in [0.5, 0.6) is 0 Å². The van der Waals surface area contributed by atoms with Gasteiger partial charge in [-0.25, -0.2) is 4.79 Å². The average Bonchev–Trinajstić information content (AvgIpc) is 2.88. The summed E-state index contributed by atoms with van der Waals surface area (Å²) in [6, 6.07) is 0. The van der Waals surface area contributed by atoms with Gasteiger partial charge in [-0.1, -0.05) is 22.6 Å². The van der Waals surface area contributed by atoms with Crippen LogP contribution in [0, 0.1) is 12.8 Å². The van der Waals surface area contributed by atoms with E-state index in [1.165, 1.54) is 10.8 Å². The Hall–Kier alpha value is -0.750. The minimum Gasteiger partial charge on any atom is -0.394 e. The Balaban J connectivity index is 2.35. The number of nitrogens with zero attached hydrogens (tertiary/aromatic N) is 1. The van der Waals surface area contributed by atoms with Crippen LogP contribution in [0.25, 0.3) is 0 Å². The second-order valence-corrected chi connectivity index (χ2v) is 6.25. The molecule has 0 saturated carbocycles. The predicted octanol–water partition coefficient (Wildman–Crippen LogP) is -0.182. The number of aliphatic hydroxyl groups is 1. The van der Waals surface area contributed by atoms with Gasteiger partial charge < -0.3 is 19.3 Å². The standard InChI is InChI=1S/C14H21IN2O6/c1-8-6-17(14(20)16-12(8)19)13-11(22-4-3-21-2)9(5-15)10(7-18)23-13/h6,9-11,13,18H,3-5,7H2,1-2H3,(H,16,19,20)/t9-,10?,11-,13?/m1/s1. The molecule has 0 amide bonds. The maximum atomic E-state index is 12.1. The van der Waals surface area contributed by atoms with Gasteiger partial charge in [-0.05, 0) is 6.92 Å². The van der Waals surface area contributed by atoms with Crippen LogP contribution >= 0.6 is 22.6 Å². The molecule has 1 aliphatic rings. The van der Waals surface area contributed by atoms with Gasteiger partial charge in [0.25, 0.3) is 5.56 Å². The molecule has 2 N–H and O–H groups in total. The van der Waals surface area contributed by atoms with Crippen LogP contribution in [0.15, 0.2) is 15.8 Å². The minimum absolute atomic E-state index is 0.0680. The number of alkyl halides is 1. The summed E-state index contributed by atoms with van der Waals surface area (Å²) in [7, 11) is 1.58. The zero-order chi connectivity index (χ0) is 17.0. The number of aryl methyl sites for hydroxylation is 1. The largest absolute Gasteiger partial charge is 0.394 e. The lowest BCUT2D eigenvalue weighted by atomic mass is 10.0. The molecule has 8 nitrogen and oxygen atoms in total. The smallest absolute Gasteiger partial charge is 0.330 e. The Kier molecular flexibility index (Phi) is 6.77. The number of aromatic nitrogens is 2. The number of aliphatic hydroxyl groups excluding tert-OH is 1. The molecule has 130 valence electrons. The van der Waals surface area contributed by atoms with Gasteiger partial charge >= 0.3 is 5.69 Å². The predicted molar refractivity (Wildman–Crippen MR) is 91.0 cm³/mol. The van der Waals surface area contributed by atoms with Crippen molar-refractivity contribution in [2.75, 3.05) is 31.4 Å². The molecule has 1 aliphatic heterocycles. The SMILES string of the molecule is COCCO[C@H]1C(n2cc(C)c(=O)[nH]c2=O)OC(CO)[C@H]1CI. The molecular formula is C14H21IN2O6. The number of H-pyrrole nitrogens is 1. The summed E-state index contributed by atoms with van der Waals surface area (Å²) in [5.41, 5.74) is -0.579. The van der Waals surface area contributed by atoms with E-state index in [1.807, 2.05) is 0 Å². The number of ether oxygens (including phenoxy) is 3. The highest BCUT2D eigenvalue weighted by atomic mass is 127. The molecule has 2 rings (SSSR count). The third-order valence-corrected chi connectivity index (χ3v) is 4.89. The topological polar surface area (TPSA) is 103 Å². The summed E-state index contributed by atoms with van der Waals surface area (Å²) >= 11 is 2.21. The maximum absolute atomic E-state index is 12.1. The second kappa shape index (κ2) is 8.38. The van der Waals surface area contributed by atoms with E-state index in [1.54, 1.807) is 14.0 Å². The molecule has 0 radical (unpaired) electrons. The molecule has 0 bridgehead atoms. The second-order valence-electron chi connectivity index (χ2n) is 5.37. The fraction of sp³-hybridized carbons (Fsp3) is 0.714. The fourth-order valence-electron chi connectivity index (χ4n) is 2.62. The van der Waals surface area contributed by atoms with E-state index in [0.29, 0.717) is 23.2 Å². The van der Waals surface area contributed by atoms with E-state index < -0.39 is 29.7 Å². The van der Waals surface area contributed by atoms with Crippen molar-refractivity contribution in [3.63, 3.8) is 0 Å². The van der Waals surface area contributed by atoms with E-state index in [2.05, 4.69) is 27.6 Å². The van der Waals surface area contributed by atoms with Crippen LogP contribution in [0.1, 0.15) is 11.8 Å². The maximum Gasteiger partial charge on any atom is 0.330 e. The van der Waals surface area contributed by atoms with Crippen LogP contribution in [0.2, 0.25) is 0 Å². The highest BCUT2D eigenvalue weighted by Gasteiger charge is 2.45. The molecular weight excluding hydrogens is 419 g/mol. The molecule has 2 heterocycles. The van der Waals surface area contributed by atoms with E-state index >= 15 is 0 Å². The highest BCUT2D eigenvalue weighted by Crippen LogP contribution is 2.36. The summed E-state index contributed by atoms with van der Waals surface area (Å²) in [5, 5.41) is 9.54. The molecule has 0 aliphatic carbocycles. The van der Waals surface area contributed by atoms with Crippen molar-refractivity contribution < 1.29 is 19.3 Å². The molecule has 9 heteroatoms. The van der Waals surface area contributed by atoms with E-state index in [0.717, 1.165) is 0 Å². The molecule has 1 fully saturated rings. The normalized spacial score (nSPS) is 27.5. The molecule has 23 heavy (non-hydrogen) atoms. The van der Waals surface area contributed by atoms with Gasteiger partial charge in [-0.2, -0.15) is 0 Å². The first-order valence-electron chi connectivity index (χ1n) is 7.28. The number of methoxy groups -OCH3 is 1. The lowest BCUT2D eigenvalue weighted by Gasteiger charge is -2.24. The van der Waals surface area contributed by atoms with Gasteiger partial charge in [0, 0.05) is 29.2 Å². The van der Waals surface area contributed by atoms with Crippen molar-refractivity contribution in [1.82, 2.24) is 9.55 Å². The molecule has 1 aromatic rings. The number of hydrogen-bond donors (Lipinski definition) is 2. The van der Waals surface area contributed by atoms with Crippen molar-refractivity contribution in [2.45, 2.75) is 25.4 Å². The van der Waals surface area contributed by atoms with Crippen LogP contribution in [0.4, 0.5) is 0 Å². The zero-order valence-electron chi connectivity index (χ0n) is 13.0. The minimum atomic E-state index is -0.702. The van der Waals surface area contributed by atoms with Crippen LogP contribution in [-0.2, 0) is 14.2 Å². The first-order valence-corrected chi connectivity index (χ1v) is 8.81. The van der Waals surface area contributed by atoms with Gasteiger partial charge in [0.1, 0.15) is 6.10 Å². The summed E-state index contributed by atoms with van der Waals surface area (Å²) in [6.45, 7) is 2.22. The molecule has 4 atom stereocenters. The summed E-state index contributed by atoms with van der Waals surface area (Å²) in [5.74, 6) is -0.0680. The summed E-state index contributed by atoms with van der Waals surface area (Å²) < 4.78 is 18.7. The van der Waals surface area contributed by atoms with E-state index in [-0.39, 0.29) is 12.5 Å². The summed E-state index contributed by atoms with van der Waals surface area (Å²) in [6.07, 6.45) is -0.0831. The van der Waals surface area contributed by atoms with Gasteiger partial charge in [0.2, 0.25) is 0 Å². The van der Waals surface area contributed by atoms with Crippen molar-refractivity contribution in [2.24, 2.45) is 5.92 Å². The van der Waals surface area contributed by atoms with Crippen molar-refractivity contribution in [1.29, 1.82) is 0 Å². The number of halogens is 1. The van der Waals surface area contributed by atoms with Crippen molar-refractivity contribution in [3.8, 4) is 0 Å². The first-order chi connectivity index (χ1) is 11.0.